The number of carbonyl (C=O) groups is 2. The van der Waals surface area contributed by atoms with Crippen LogP contribution in [0.15, 0.2) is 0 Å². The predicted octanol–water partition coefficient (Wildman–Crippen LogP) is 1.96. The van der Waals surface area contributed by atoms with Gasteiger partial charge in [-0.25, -0.2) is 0 Å². The van der Waals surface area contributed by atoms with Crippen molar-refractivity contribution in [3.63, 3.8) is 0 Å². The van der Waals surface area contributed by atoms with Gasteiger partial charge in [-0.3, -0.25) is 9.59 Å². The second kappa shape index (κ2) is 2.44. The Morgan fingerprint density at radius 1 is 1.46 bits per heavy atom. The zero-order valence-electron chi connectivity index (χ0n) is 7.89. The van der Waals surface area contributed by atoms with Gasteiger partial charge in [-0.15, -0.1) is 0 Å². The number of fused-ring (bicyclic) bond motifs is 2. The molecule has 0 aromatic heterocycles. The van der Waals surface area contributed by atoms with Crippen molar-refractivity contribution in [1.82, 2.24) is 0 Å². The molecule has 0 heterocycles. The van der Waals surface area contributed by atoms with Gasteiger partial charge in [0.25, 0.3) is 0 Å². The summed E-state index contributed by atoms with van der Waals surface area (Å²) in [5.41, 5.74) is -0.528. The molecule has 2 rings (SSSR count). The van der Waals surface area contributed by atoms with Crippen LogP contribution in [0, 0.1) is 16.7 Å². The van der Waals surface area contributed by atoms with Gasteiger partial charge >= 0.3 is 0 Å². The summed E-state index contributed by atoms with van der Waals surface area (Å²) in [6, 6.07) is 0. The molecule has 1 unspecified atom stereocenters. The first-order chi connectivity index (χ1) is 5.97. The minimum absolute atomic E-state index is 0.0237. The minimum atomic E-state index is -0.391. The molecule has 2 saturated carbocycles. The van der Waals surface area contributed by atoms with Gasteiger partial charge in [0.15, 0.2) is 0 Å². The Labute approximate surface area is 86.2 Å². The highest BCUT2D eigenvalue weighted by Crippen LogP contribution is 2.62. The number of hydrogen-bond donors (Lipinski definition) is 0. The van der Waals surface area contributed by atoms with E-state index in [0.29, 0.717) is 0 Å². The molecule has 3 atom stereocenters. The van der Waals surface area contributed by atoms with Gasteiger partial charge < -0.3 is 0 Å². The number of alkyl halides is 1. The second-order valence-electron chi connectivity index (χ2n) is 4.67. The Morgan fingerprint density at radius 2 is 2.08 bits per heavy atom. The molecule has 13 heavy (non-hydrogen) atoms. The Morgan fingerprint density at radius 3 is 2.38 bits per heavy atom. The normalized spacial score (nSPS) is 49.0. The van der Waals surface area contributed by atoms with Gasteiger partial charge in [0, 0.05) is 22.1 Å². The first kappa shape index (κ1) is 9.38. The maximum Gasteiger partial charge on any atom is 0.205 e. The van der Waals surface area contributed by atoms with Gasteiger partial charge in [0.2, 0.25) is 11.6 Å². The highest BCUT2D eigenvalue weighted by molar-refractivity contribution is 9.09. The molecule has 3 heteroatoms. The van der Waals surface area contributed by atoms with Crippen LogP contribution in [-0.4, -0.2) is 16.9 Å². The van der Waals surface area contributed by atoms with E-state index in [-0.39, 0.29) is 22.9 Å². The van der Waals surface area contributed by atoms with Crippen LogP contribution in [0.2, 0.25) is 0 Å². The van der Waals surface area contributed by atoms with Crippen molar-refractivity contribution in [3.05, 3.63) is 0 Å². The number of hydrogen-bond acceptors (Lipinski definition) is 2. The van der Waals surface area contributed by atoms with Crippen LogP contribution in [0.4, 0.5) is 0 Å². The summed E-state index contributed by atoms with van der Waals surface area (Å²) in [4.78, 5) is 23.3. The lowest BCUT2D eigenvalue weighted by molar-refractivity contribution is -0.141. The first-order valence-electron chi connectivity index (χ1n) is 4.62. The average molecular weight is 245 g/mol. The van der Waals surface area contributed by atoms with Crippen LogP contribution in [0.25, 0.3) is 0 Å². The van der Waals surface area contributed by atoms with Gasteiger partial charge in [0.05, 0.1) is 0 Å². The molecule has 0 aromatic carbocycles. The molecule has 0 aromatic rings. The number of Topliss-reactive ketones (excluding diaryl/α,β-unsaturated/α-hetero) is 2. The molecule has 2 aliphatic carbocycles. The van der Waals surface area contributed by atoms with Crippen molar-refractivity contribution in [2.75, 3.05) is 5.33 Å². The molecule has 0 amide bonds. The SMILES string of the molecule is C[C@]12CCC(C(=O)C1=O)[C@]2(C)CBr. The fourth-order valence-electron chi connectivity index (χ4n) is 2.89. The van der Waals surface area contributed by atoms with Crippen LogP contribution >= 0.6 is 15.9 Å². The van der Waals surface area contributed by atoms with Gasteiger partial charge in [0.1, 0.15) is 0 Å². The van der Waals surface area contributed by atoms with E-state index in [4.69, 9.17) is 0 Å². The van der Waals surface area contributed by atoms with Gasteiger partial charge in [-0.05, 0) is 12.8 Å². The highest BCUT2D eigenvalue weighted by Gasteiger charge is 2.67. The maximum absolute atomic E-state index is 11.7. The summed E-state index contributed by atoms with van der Waals surface area (Å²) in [7, 11) is 0. The molecule has 0 spiro atoms. The molecule has 2 aliphatic rings. The van der Waals surface area contributed by atoms with Crippen molar-refractivity contribution >= 4 is 27.5 Å². The maximum atomic E-state index is 11.7. The molecular formula is C10H13BrO2. The Kier molecular flexibility index (Phi) is 1.76. The molecule has 0 N–H and O–H groups in total. The Balaban J connectivity index is 2.55. The Bertz CT molecular complexity index is 299. The molecule has 2 bridgehead atoms. The molecule has 0 radical (unpaired) electrons. The summed E-state index contributed by atoms with van der Waals surface area (Å²) in [6.07, 6.45) is 1.77. The monoisotopic (exact) mass is 244 g/mol. The molecule has 0 aliphatic heterocycles. The van der Waals surface area contributed by atoms with Gasteiger partial charge in [-0.1, -0.05) is 29.8 Å². The average Bonchev–Trinajstić information content (AvgIpc) is 2.44. The summed E-state index contributed by atoms with van der Waals surface area (Å²) in [6.45, 7) is 4.00. The van der Waals surface area contributed by atoms with E-state index >= 15 is 0 Å². The third kappa shape index (κ3) is 0.797. The van der Waals surface area contributed by atoms with Crippen molar-refractivity contribution < 1.29 is 9.59 Å². The topological polar surface area (TPSA) is 34.1 Å². The van der Waals surface area contributed by atoms with E-state index in [9.17, 15) is 9.59 Å². The summed E-state index contributed by atoms with van der Waals surface area (Å²) < 4.78 is 0. The lowest BCUT2D eigenvalue weighted by Crippen LogP contribution is -2.36. The number of ketones is 2. The standard InChI is InChI=1S/C10H13BrO2/c1-9-4-3-6(7(12)8(9)13)10(9,2)5-11/h6H,3-5H2,1-2H3/t6?,9-,10-/m0/s1. The highest BCUT2D eigenvalue weighted by atomic mass is 79.9. The third-order valence-corrected chi connectivity index (χ3v) is 5.45. The smallest absolute Gasteiger partial charge is 0.205 e. The fourth-order valence-corrected chi connectivity index (χ4v) is 3.90. The third-order valence-electron chi connectivity index (χ3n) is 4.28. The van der Waals surface area contributed by atoms with E-state index < -0.39 is 5.41 Å². The van der Waals surface area contributed by atoms with E-state index in [2.05, 4.69) is 22.9 Å². The van der Waals surface area contributed by atoms with Crippen LogP contribution < -0.4 is 0 Å². The lowest BCUT2D eigenvalue weighted by atomic mass is 9.70. The Hall–Kier alpha value is -0.180. The quantitative estimate of drug-likeness (QED) is 0.522. The second-order valence-corrected chi connectivity index (χ2v) is 5.23. The predicted molar refractivity (Wildman–Crippen MR) is 52.7 cm³/mol. The van der Waals surface area contributed by atoms with Crippen molar-refractivity contribution in [2.24, 2.45) is 16.7 Å². The van der Waals surface area contributed by atoms with Crippen LogP contribution in [0.5, 0.6) is 0 Å². The van der Waals surface area contributed by atoms with Crippen LogP contribution in [0.3, 0.4) is 0 Å². The molecule has 2 fully saturated rings. The zero-order chi connectivity index (χ0) is 9.85. The first-order valence-corrected chi connectivity index (χ1v) is 5.74. The number of carbonyl (C=O) groups excluding carboxylic acids is 2. The molecule has 72 valence electrons. The van der Waals surface area contributed by atoms with E-state index in [1.807, 2.05) is 6.92 Å². The van der Waals surface area contributed by atoms with Crippen molar-refractivity contribution in [3.8, 4) is 0 Å². The largest absolute Gasteiger partial charge is 0.291 e. The summed E-state index contributed by atoms with van der Waals surface area (Å²) in [5, 5.41) is 0.749. The number of rotatable bonds is 1. The van der Waals surface area contributed by atoms with Crippen molar-refractivity contribution in [1.29, 1.82) is 0 Å². The summed E-state index contributed by atoms with van der Waals surface area (Å²) in [5.74, 6) is -0.286. The van der Waals surface area contributed by atoms with E-state index in [1.165, 1.54) is 0 Å². The van der Waals surface area contributed by atoms with E-state index in [0.717, 1.165) is 18.2 Å². The van der Waals surface area contributed by atoms with Crippen LogP contribution in [0.1, 0.15) is 26.7 Å². The molecular weight excluding hydrogens is 232 g/mol. The molecule has 0 saturated heterocycles. The fraction of sp³-hybridized carbons (Fsp3) is 0.800. The number of halogens is 1. The summed E-state index contributed by atoms with van der Waals surface area (Å²) >= 11 is 3.44. The van der Waals surface area contributed by atoms with E-state index in [1.54, 1.807) is 0 Å². The van der Waals surface area contributed by atoms with Gasteiger partial charge in [-0.2, -0.15) is 0 Å². The molecule has 2 nitrogen and oxygen atoms in total. The minimum Gasteiger partial charge on any atom is -0.291 e. The van der Waals surface area contributed by atoms with Crippen LogP contribution in [-0.2, 0) is 9.59 Å². The zero-order valence-corrected chi connectivity index (χ0v) is 9.48. The van der Waals surface area contributed by atoms with Crippen molar-refractivity contribution in [2.45, 2.75) is 26.7 Å². The lowest BCUT2D eigenvalue weighted by Gasteiger charge is -2.33.